The van der Waals surface area contributed by atoms with Crippen LogP contribution in [0.5, 0.6) is 0 Å². The third-order valence-corrected chi connectivity index (χ3v) is 3.69. The molecule has 0 saturated heterocycles. The highest BCUT2D eigenvalue weighted by Crippen LogP contribution is 2.23. The number of amides is 1. The zero-order valence-electron chi connectivity index (χ0n) is 11.9. The zero-order chi connectivity index (χ0) is 16.2. The second-order valence-corrected chi connectivity index (χ2v) is 5.81. The molecule has 3 rings (SSSR count). The second kappa shape index (κ2) is 6.86. The molecule has 1 aromatic heterocycles. The topological polar surface area (TPSA) is 55.1 Å². The molecule has 1 N–H and O–H groups in total. The maximum Gasteiger partial charge on any atom is 0.231 e. The van der Waals surface area contributed by atoms with Gasteiger partial charge in [0.25, 0.3) is 0 Å². The van der Waals surface area contributed by atoms with Crippen LogP contribution in [0.15, 0.2) is 59.1 Å². The van der Waals surface area contributed by atoms with E-state index < -0.39 is 0 Å². The lowest BCUT2D eigenvalue weighted by molar-refractivity contribution is -0.115. The summed E-state index contributed by atoms with van der Waals surface area (Å²) >= 11 is 11.7. The maximum atomic E-state index is 12.0. The molecule has 2 aromatic carbocycles. The first-order valence-corrected chi connectivity index (χ1v) is 7.63. The van der Waals surface area contributed by atoms with Gasteiger partial charge in [-0.15, -0.1) is 0 Å². The quantitative estimate of drug-likeness (QED) is 0.735. The van der Waals surface area contributed by atoms with Crippen molar-refractivity contribution in [2.24, 2.45) is 0 Å². The molecule has 23 heavy (non-hydrogen) atoms. The second-order valence-electron chi connectivity index (χ2n) is 4.93. The van der Waals surface area contributed by atoms with Gasteiger partial charge in [-0.1, -0.05) is 52.6 Å². The Morgan fingerprint density at radius 3 is 2.26 bits per heavy atom. The summed E-state index contributed by atoms with van der Waals surface area (Å²) in [6, 6.07) is 16.0. The zero-order valence-corrected chi connectivity index (χ0v) is 13.4. The third-order valence-electron chi connectivity index (χ3n) is 3.19. The third kappa shape index (κ3) is 4.12. The minimum Gasteiger partial charge on any atom is -0.338 e. The SMILES string of the molecule is O=C(Cc1ccc(Cl)cc1)Nc1cc(-c2ccc(Cl)cc2)no1. The molecule has 0 atom stereocenters. The largest absolute Gasteiger partial charge is 0.338 e. The highest BCUT2D eigenvalue weighted by atomic mass is 35.5. The van der Waals surface area contributed by atoms with Crippen molar-refractivity contribution in [2.75, 3.05) is 5.32 Å². The fourth-order valence-electron chi connectivity index (χ4n) is 2.06. The molecule has 0 unspecified atom stereocenters. The van der Waals surface area contributed by atoms with Crippen molar-refractivity contribution in [1.29, 1.82) is 0 Å². The minimum atomic E-state index is -0.189. The Labute approximate surface area is 143 Å². The Hall–Kier alpha value is -2.30. The summed E-state index contributed by atoms with van der Waals surface area (Å²) in [6.07, 6.45) is 0.230. The lowest BCUT2D eigenvalue weighted by atomic mass is 10.1. The van der Waals surface area contributed by atoms with Crippen molar-refractivity contribution in [1.82, 2.24) is 5.16 Å². The number of rotatable bonds is 4. The molecule has 0 saturated carbocycles. The van der Waals surface area contributed by atoms with Crippen LogP contribution < -0.4 is 5.32 Å². The first-order valence-electron chi connectivity index (χ1n) is 6.87. The molecule has 116 valence electrons. The van der Waals surface area contributed by atoms with Crippen molar-refractivity contribution in [2.45, 2.75) is 6.42 Å². The van der Waals surface area contributed by atoms with E-state index in [2.05, 4.69) is 10.5 Å². The van der Waals surface area contributed by atoms with Gasteiger partial charge in [0.1, 0.15) is 5.69 Å². The van der Waals surface area contributed by atoms with E-state index in [1.165, 1.54) is 0 Å². The van der Waals surface area contributed by atoms with Crippen LogP contribution in [0.1, 0.15) is 5.56 Å². The van der Waals surface area contributed by atoms with Gasteiger partial charge in [0, 0.05) is 21.7 Å². The lowest BCUT2D eigenvalue weighted by Gasteiger charge is -2.01. The van der Waals surface area contributed by atoms with Gasteiger partial charge in [-0.25, -0.2) is 0 Å². The normalized spacial score (nSPS) is 10.5. The molecule has 0 bridgehead atoms. The molecule has 6 heteroatoms. The number of carbonyl (C=O) groups excluding carboxylic acids is 1. The number of carbonyl (C=O) groups is 1. The van der Waals surface area contributed by atoms with E-state index in [4.69, 9.17) is 27.7 Å². The Bertz CT molecular complexity index is 811. The van der Waals surface area contributed by atoms with E-state index >= 15 is 0 Å². The van der Waals surface area contributed by atoms with Crippen LogP contribution in [0.2, 0.25) is 10.0 Å². The smallest absolute Gasteiger partial charge is 0.231 e. The van der Waals surface area contributed by atoms with Crippen molar-refractivity contribution in [3.05, 3.63) is 70.2 Å². The summed E-state index contributed by atoms with van der Waals surface area (Å²) in [4.78, 5) is 12.0. The number of benzene rings is 2. The van der Waals surface area contributed by atoms with Crippen molar-refractivity contribution >= 4 is 35.0 Å². The summed E-state index contributed by atoms with van der Waals surface area (Å²) in [5.74, 6) is 0.111. The Balaban J connectivity index is 1.65. The van der Waals surface area contributed by atoms with E-state index in [9.17, 15) is 4.79 Å². The van der Waals surface area contributed by atoms with Gasteiger partial charge in [0.15, 0.2) is 0 Å². The Kier molecular flexibility index (Phi) is 4.65. The molecule has 3 aromatic rings. The highest BCUT2D eigenvalue weighted by Gasteiger charge is 2.10. The minimum absolute atomic E-state index is 0.189. The number of anilines is 1. The fourth-order valence-corrected chi connectivity index (χ4v) is 2.31. The summed E-state index contributed by atoms with van der Waals surface area (Å²) < 4.78 is 5.14. The van der Waals surface area contributed by atoms with Gasteiger partial charge in [-0.05, 0) is 29.8 Å². The van der Waals surface area contributed by atoms with Crippen LogP contribution in [0, 0.1) is 0 Å². The van der Waals surface area contributed by atoms with Crippen LogP contribution in [-0.4, -0.2) is 11.1 Å². The lowest BCUT2D eigenvalue weighted by Crippen LogP contribution is -2.13. The number of nitrogens with one attached hydrogen (secondary N) is 1. The van der Waals surface area contributed by atoms with Crippen molar-refractivity contribution in [3.63, 3.8) is 0 Å². The number of nitrogens with zero attached hydrogens (tertiary/aromatic N) is 1. The van der Waals surface area contributed by atoms with Gasteiger partial charge in [0.05, 0.1) is 6.42 Å². The predicted octanol–water partition coefficient (Wildman–Crippen LogP) is 4.83. The van der Waals surface area contributed by atoms with Gasteiger partial charge in [-0.3, -0.25) is 10.1 Å². The molecule has 0 aliphatic rings. The number of aromatic nitrogens is 1. The monoisotopic (exact) mass is 346 g/mol. The number of halogens is 2. The number of hydrogen-bond acceptors (Lipinski definition) is 3. The van der Waals surface area contributed by atoms with E-state index in [-0.39, 0.29) is 12.3 Å². The van der Waals surface area contributed by atoms with Crippen LogP contribution in [0.25, 0.3) is 11.3 Å². The number of hydrogen-bond donors (Lipinski definition) is 1. The van der Waals surface area contributed by atoms with Crippen molar-refractivity contribution in [3.8, 4) is 11.3 Å². The highest BCUT2D eigenvalue weighted by molar-refractivity contribution is 6.30. The van der Waals surface area contributed by atoms with Gasteiger partial charge < -0.3 is 4.52 Å². The summed E-state index contributed by atoms with van der Waals surface area (Å²) in [5.41, 5.74) is 2.35. The van der Waals surface area contributed by atoms with Gasteiger partial charge in [-0.2, -0.15) is 0 Å². The summed E-state index contributed by atoms with van der Waals surface area (Å²) in [6.45, 7) is 0. The average Bonchev–Trinajstić information content (AvgIpc) is 2.98. The first-order chi connectivity index (χ1) is 11.1. The Morgan fingerprint density at radius 2 is 1.61 bits per heavy atom. The van der Waals surface area contributed by atoms with E-state index in [1.807, 2.05) is 12.1 Å². The van der Waals surface area contributed by atoms with Crippen LogP contribution in [0.3, 0.4) is 0 Å². The molecule has 1 heterocycles. The Morgan fingerprint density at radius 1 is 1.00 bits per heavy atom. The molecule has 4 nitrogen and oxygen atoms in total. The molecule has 1 amide bonds. The van der Waals surface area contributed by atoms with Crippen LogP contribution in [0.4, 0.5) is 5.88 Å². The predicted molar refractivity (Wildman–Crippen MR) is 90.7 cm³/mol. The first kappa shape index (κ1) is 15.6. The maximum absolute atomic E-state index is 12.0. The fraction of sp³-hybridized carbons (Fsp3) is 0.0588. The molecule has 0 fully saturated rings. The average molecular weight is 347 g/mol. The van der Waals surface area contributed by atoms with Crippen LogP contribution >= 0.6 is 23.2 Å². The van der Waals surface area contributed by atoms with E-state index in [0.717, 1.165) is 11.1 Å². The molecule has 0 radical (unpaired) electrons. The van der Waals surface area contributed by atoms with E-state index in [0.29, 0.717) is 21.6 Å². The van der Waals surface area contributed by atoms with Gasteiger partial charge in [0.2, 0.25) is 11.8 Å². The van der Waals surface area contributed by atoms with Crippen molar-refractivity contribution < 1.29 is 9.32 Å². The van der Waals surface area contributed by atoms with Gasteiger partial charge >= 0.3 is 0 Å². The molecule has 0 aliphatic heterocycles. The van der Waals surface area contributed by atoms with E-state index in [1.54, 1.807) is 42.5 Å². The molecular weight excluding hydrogens is 335 g/mol. The van der Waals surface area contributed by atoms with Crippen LogP contribution in [-0.2, 0) is 11.2 Å². The molecule has 0 aliphatic carbocycles. The summed E-state index contributed by atoms with van der Waals surface area (Å²) in [5, 5.41) is 7.90. The molecular formula is C17H12Cl2N2O2. The summed E-state index contributed by atoms with van der Waals surface area (Å²) in [7, 11) is 0. The molecule has 0 spiro atoms. The standard InChI is InChI=1S/C17H12Cl2N2O2/c18-13-5-1-11(2-6-13)9-16(22)20-17-10-15(21-23-17)12-3-7-14(19)8-4-12/h1-8,10H,9H2,(H,20,22).